The van der Waals surface area contributed by atoms with Gasteiger partial charge in [0.15, 0.2) is 0 Å². The second-order valence-electron chi connectivity index (χ2n) is 9.59. The molecule has 0 aliphatic carbocycles. The number of amides is 2. The molecule has 3 aromatic rings. The molecule has 0 bridgehead atoms. The van der Waals surface area contributed by atoms with Crippen molar-refractivity contribution >= 4 is 11.8 Å². The summed E-state index contributed by atoms with van der Waals surface area (Å²) in [4.78, 5) is 27.0. The van der Waals surface area contributed by atoms with E-state index in [4.69, 9.17) is 9.15 Å². The molecule has 8 heteroatoms. The van der Waals surface area contributed by atoms with Crippen LogP contribution in [-0.4, -0.2) is 40.5 Å². The van der Waals surface area contributed by atoms with Gasteiger partial charge in [-0.25, -0.2) is 4.39 Å². The summed E-state index contributed by atoms with van der Waals surface area (Å²) in [6.45, 7) is 4.40. The highest BCUT2D eigenvalue weighted by Gasteiger charge is 2.38. The second-order valence-corrected chi connectivity index (χ2v) is 9.59. The number of aryl methyl sites for hydroxylation is 1. The van der Waals surface area contributed by atoms with E-state index in [0.29, 0.717) is 36.6 Å². The Kier molecular flexibility index (Phi) is 8.61. The minimum Gasteiger partial charge on any atom is -0.486 e. The Morgan fingerprint density at radius 2 is 1.97 bits per heavy atom. The van der Waals surface area contributed by atoms with Crippen LogP contribution in [0, 0.1) is 18.7 Å². The number of rotatable bonds is 10. The number of hydrogen-bond donors (Lipinski definition) is 2. The number of likely N-dealkylation sites (tertiary alicyclic amines) is 1. The molecule has 2 heterocycles. The quantitative estimate of drug-likeness (QED) is 0.429. The lowest BCUT2D eigenvalue weighted by atomic mass is 9.85. The molecule has 0 unspecified atom stereocenters. The minimum absolute atomic E-state index is 0.136. The van der Waals surface area contributed by atoms with E-state index >= 15 is 0 Å². The summed E-state index contributed by atoms with van der Waals surface area (Å²) in [5, 5.41) is 14.1. The Balaban J connectivity index is 1.47. The predicted molar refractivity (Wildman–Crippen MR) is 136 cm³/mol. The van der Waals surface area contributed by atoms with Gasteiger partial charge in [0.05, 0.1) is 18.1 Å². The van der Waals surface area contributed by atoms with E-state index in [1.54, 1.807) is 17.0 Å². The summed E-state index contributed by atoms with van der Waals surface area (Å²) < 4.78 is 25.6. The van der Waals surface area contributed by atoms with Gasteiger partial charge in [-0.3, -0.25) is 9.59 Å². The number of ether oxygens (including phenoxy) is 1. The van der Waals surface area contributed by atoms with Gasteiger partial charge in [-0.2, -0.15) is 0 Å². The number of hydrogen-bond acceptors (Lipinski definition) is 5. The maximum Gasteiger partial charge on any atom is 0.228 e. The first-order valence-corrected chi connectivity index (χ1v) is 12.5. The first-order chi connectivity index (χ1) is 17.8. The number of aliphatic hydroxyl groups excluding tert-OH is 1. The van der Waals surface area contributed by atoms with Crippen LogP contribution in [0.1, 0.15) is 42.4 Å². The zero-order valence-electron chi connectivity index (χ0n) is 21.2. The Labute approximate surface area is 216 Å². The molecule has 196 valence electrons. The highest BCUT2D eigenvalue weighted by Crippen LogP contribution is 2.27. The van der Waals surface area contributed by atoms with Crippen molar-refractivity contribution in [2.75, 3.05) is 6.54 Å². The fraction of sp³-hybridized carbons (Fsp3) is 0.379. The van der Waals surface area contributed by atoms with Gasteiger partial charge in [0.1, 0.15) is 29.7 Å². The molecule has 2 N–H and O–H groups in total. The molecule has 7 nitrogen and oxygen atoms in total. The van der Waals surface area contributed by atoms with Crippen molar-refractivity contribution < 1.29 is 28.2 Å². The number of carbonyl (C=O) groups is 2. The zero-order chi connectivity index (χ0) is 26.4. The van der Waals surface area contributed by atoms with Crippen LogP contribution in [0.5, 0.6) is 5.75 Å². The van der Waals surface area contributed by atoms with E-state index < -0.39 is 23.9 Å². The number of nitrogens with zero attached hydrogens (tertiary/aromatic N) is 1. The highest BCUT2D eigenvalue weighted by atomic mass is 19.1. The predicted octanol–water partition coefficient (Wildman–Crippen LogP) is 4.15. The lowest BCUT2D eigenvalue weighted by Gasteiger charge is -2.37. The lowest BCUT2D eigenvalue weighted by Crippen LogP contribution is -2.53. The van der Waals surface area contributed by atoms with Crippen LogP contribution in [0.25, 0.3) is 0 Å². The van der Waals surface area contributed by atoms with Crippen molar-refractivity contribution in [1.82, 2.24) is 10.2 Å². The van der Waals surface area contributed by atoms with Gasteiger partial charge in [0, 0.05) is 26.1 Å². The summed E-state index contributed by atoms with van der Waals surface area (Å²) >= 11 is 0. The molecule has 2 amide bonds. The third kappa shape index (κ3) is 7.20. The first-order valence-electron chi connectivity index (χ1n) is 12.5. The van der Waals surface area contributed by atoms with Crippen molar-refractivity contribution in [3.05, 3.63) is 89.1 Å². The molecule has 1 fully saturated rings. The number of piperidine rings is 1. The Morgan fingerprint density at radius 3 is 2.68 bits per heavy atom. The average Bonchev–Trinajstić information content (AvgIpc) is 3.28. The molecular formula is C29H33FN2O5. The van der Waals surface area contributed by atoms with Gasteiger partial charge >= 0.3 is 0 Å². The summed E-state index contributed by atoms with van der Waals surface area (Å²) in [7, 11) is 0. The molecule has 0 saturated carbocycles. The van der Waals surface area contributed by atoms with Crippen LogP contribution in [0.2, 0.25) is 0 Å². The maximum absolute atomic E-state index is 14.4. The fourth-order valence-electron chi connectivity index (χ4n) is 4.84. The summed E-state index contributed by atoms with van der Waals surface area (Å²) in [6.07, 6.45) is 0.268. The summed E-state index contributed by atoms with van der Waals surface area (Å²) in [5.74, 6) is 0.0334. The maximum atomic E-state index is 14.4. The molecule has 1 aliphatic heterocycles. The second kappa shape index (κ2) is 12.1. The van der Waals surface area contributed by atoms with Crippen molar-refractivity contribution in [2.24, 2.45) is 5.92 Å². The molecule has 1 aromatic heterocycles. The standard InChI is InChI=1S/C29H33FN2O5/c1-19-10-11-24(37-19)18-36-25-14-22(13-23(30)16-25)15-27(31-20(2)33)28(34)26-9-6-12-32(29(26)35)17-21-7-4-3-5-8-21/h3-5,7-8,10-11,13-14,16,26-28,34H,6,9,12,15,17-18H2,1-2H3,(H,31,33)/t26-,27-,28+/m0/s1. The first kappa shape index (κ1) is 26.4. The molecule has 4 rings (SSSR count). The lowest BCUT2D eigenvalue weighted by molar-refractivity contribution is -0.145. The topological polar surface area (TPSA) is 92.0 Å². The van der Waals surface area contributed by atoms with Crippen LogP contribution in [0.15, 0.2) is 65.1 Å². The summed E-state index contributed by atoms with van der Waals surface area (Å²) in [5.41, 5.74) is 1.55. The van der Waals surface area contributed by atoms with Gasteiger partial charge < -0.3 is 24.5 Å². The monoisotopic (exact) mass is 508 g/mol. The molecule has 1 aliphatic rings. The number of nitrogens with one attached hydrogen (secondary N) is 1. The third-order valence-corrected chi connectivity index (χ3v) is 6.57. The van der Waals surface area contributed by atoms with E-state index in [2.05, 4.69) is 5.32 Å². The largest absolute Gasteiger partial charge is 0.486 e. The van der Waals surface area contributed by atoms with Crippen LogP contribution in [0.3, 0.4) is 0 Å². The molecule has 3 atom stereocenters. The van der Waals surface area contributed by atoms with Gasteiger partial charge in [-0.05, 0) is 61.6 Å². The van der Waals surface area contributed by atoms with Crippen LogP contribution >= 0.6 is 0 Å². The minimum atomic E-state index is -1.13. The normalized spacial score (nSPS) is 17.4. The molecule has 0 radical (unpaired) electrons. The Hall–Kier alpha value is -3.65. The van der Waals surface area contributed by atoms with Crippen molar-refractivity contribution in [1.29, 1.82) is 0 Å². The van der Waals surface area contributed by atoms with Crippen LogP contribution < -0.4 is 10.1 Å². The van der Waals surface area contributed by atoms with Gasteiger partial charge in [-0.1, -0.05) is 30.3 Å². The molecule has 37 heavy (non-hydrogen) atoms. The smallest absolute Gasteiger partial charge is 0.228 e. The van der Waals surface area contributed by atoms with Crippen LogP contribution in [-0.2, 0) is 29.2 Å². The van der Waals surface area contributed by atoms with E-state index in [1.807, 2.05) is 43.3 Å². The van der Waals surface area contributed by atoms with Crippen molar-refractivity contribution in [3.8, 4) is 5.75 Å². The van der Waals surface area contributed by atoms with E-state index in [-0.39, 0.29) is 24.8 Å². The molecule has 0 spiro atoms. The summed E-state index contributed by atoms with van der Waals surface area (Å²) in [6, 6.07) is 16.8. The SMILES string of the molecule is CC(=O)N[C@@H](Cc1cc(F)cc(OCc2ccc(C)o2)c1)[C@H](O)[C@@H]1CCCN(Cc2ccccc2)C1=O. The number of furan rings is 1. The number of carbonyl (C=O) groups excluding carboxylic acids is 2. The van der Waals surface area contributed by atoms with Gasteiger partial charge in [-0.15, -0.1) is 0 Å². The highest BCUT2D eigenvalue weighted by molar-refractivity contribution is 5.80. The fourth-order valence-corrected chi connectivity index (χ4v) is 4.84. The van der Waals surface area contributed by atoms with Crippen molar-refractivity contribution in [2.45, 2.75) is 58.4 Å². The van der Waals surface area contributed by atoms with Gasteiger partial charge in [0.2, 0.25) is 11.8 Å². The molecule has 1 saturated heterocycles. The average molecular weight is 509 g/mol. The van der Waals surface area contributed by atoms with E-state index in [0.717, 1.165) is 17.7 Å². The number of halogens is 1. The van der Waals surface area contributed by atoms with E-state index in [9.17, 15) is 19.1 Å². The Bertz CT molecular complexity index is 1210. The zero-order valence-corrected chi connectivity index (χ0v) is 21.2. The van der Waals surface area contributed by atoms with Crippen LogP contribution in [0.4, 0.5) is 4.39 Å². The van der Waals surface area contributed by atoms with E-state index in [1.165, 1.54) is 19.1 Å². The molecule has 2 aromatic carbocycles. The molecular weight excluding hydrogens is 475 g/mol. The van der Waals surface area contributed by atoms with Crippen molar-refractivity contribution in [3.63, 3.8) is 0 Å². The number of aliphatic hydroxyl groups is 1. The Morgan fingerprint density at radius 1 is 1.19 bits per heavy atom. The third-order valence-electron chi connectivity index (χ3n) is 6.57. The number of benzene rings is 2. The van der Waals surface area contributed by atoms with Gasteiger partial charge in [0.25, 0.3) is 0 Å².